The van der Waals surface area contributed by atoms with Gasteiger partial charge < -0.3 is 5.41 Å². The summed E-state index contributed by atoms with van der Waals surface area (Å²) >= 11 is 0. The van der Waals surface area contributed by atoms with E-state index in [0.29, 0.717) is 0 Å². The predicted molar refractivity (Wildman–Crippen MR) is 36.9 cm³/mol. The van der Waals surface area contributed by atoms with Crippen molar-refractivity contribution in [1.82, 2.24) is 4.98 Å². The Hall–Kier alpha value is -1.18. The second kappa shape index (κ2) is 2.40. The van der Waals surface area contributed by atoms with Crippen molar-refractivity contribution in [3.8, 4) is 0 Å². The van der Waals surface area contributed by atoms with Crippen LogP contribution in [0.4, 0.5) is 0 Å². The summed E-state index contributed by atoms with van der Waals surface area (Å²) in [4.78, 5) is 4.00. The first-order chi connectivity index (χ1) is 4.34. The van der Waals surface area contributed by atoms with Crippen molar-refractivity contribution in [3.63, 3.8) is 0 Å². The van der Waals surface area contributed by atoms with Crippen molar-refractivity contribution in [3.05, 3.63) is 29.6 Å². The van der Waals surface area contributed by atoms with Crippen LogP contribution in [0.25, 0.3) is 0 Å². The second-order valence-corrected chi connectivity index (χ2v) is 1.82. The highest BCUT2D eigenvalue weighted by Crippen LogP contribution is 1.97. The Balaban J connectivity index is 3.15. The first-order valence-corrected chi connectivity index (χ1v) is 2.76. The Morgan fingerprint density at radius 1 is 1.67 bits per heavy atom. The lowest BCUT2D eigenvalue weighted by molar-refractivity contribution is 1.19. The van der Waals surface area contributed by atoms with E-state index in [0.717, 1.165) is 11.3 Å². The molecule has 1 aromatic rings. The molecule has 2 heteroatoms. The summed E-state index contributed by atoms with van der Waals surface area (Å²) in [5, 5.41) is 6.92. The average Bonchev–Trinajstić information content (AvgIpc) is 1.89. The molecule has 0 amide bonds. The van der Waals surface area contributed by atoms with Gasteiger partial charge in [-0.1, -0.05) is 6.07 Å². The topological polar surface area (TPSA) is 36.7 Å². The maximum Gasteiger partial charge on any atom is 0.0460 e. The summed E-state index contributed by atoms with van der Waals surface area (Å²) in [7, 11) is 0. The molecule has 1 N–H and O–H groups in total. The lowest BCUT2D eigenvalue weighted by atomic mass is 10.2. The van der Waals surface area contributed by atoms with Crippen molar-refractivity contribution in [2.75, 3.05) is 0 Å². The Morgan fingerprint density at radius 2 is 2.44 bits per heavy atom. The molecule has 0 aliphatic heterocycles. The SMILES string of the molecule is Cc1ncccc1C=N. The van der Waals surface area contributed by atoms with Gasteiger partial charge in [0, 0.05) is 23.7 Å². The van der Waals surface area contributed by atoms with Gasteiger partial charge in [0.2, 0.25) is 0 Å². The van der Waals surface area contributed by atoms with E-state index in [-0.39, 0.29) is 0 Å². The van der Waals surface area contributed by atoms with E-state index >= 15 is 0 Å². The van der Waals surface area contributed by atoms with Crippen LogP contribution in [0.1, 0.15) is 11.3 Å². The molecule has 0 aliphatic carbocycles. The Labute approximate surface area is 54.1 Å². The molecule has 0 spiro atoms. The van der Waals surface area contributed by atoms with Crippen LogP contribution in [0.15, 0.2) is 18.3 Å². The summed E-state index contributed by atoms with van der Waals surface area (Å²) in [6, 6.07) is 3.70. The minimum Gasteiger partial charge on any atom is -0.308 e. The van der Waals surface area contributed by atoms with Gasteiger partial charge in [0.1, 0.15) is 0 Å². The number of aryl methyl sites for hydroxylation is 1. The second-order valence-electron chi connectivity index (χ2n) is 1.82. The fourth-order valence-corrected chi connectivity index (χ4v) is 0.649. The van der Waals surface area contributed by atoms with Crippen LogP contribution in [0.3, 0.4) is 0 Å². The fourth-order valence-electron chi connectivity index (χ4n) is 0.649. The third-order valence-corrected chi connectivity index (χ3v) is 1.20. The van der Waals surface area contributed by atoms with E-state index in [1.165, 1.54) is 6.21 Å². The van der Waals surface area contributed by atoms with Crippen LogP contribution in [0.5, 0.6) is 0 Å². The molecular formula is C7H8N2. The molecule has 1 heterocycles. The van der Waals surface area contributed by atoms with Gasteiger partial charge in [0.25, 0.3) is 0 Å². The summed E-state index contributed by atoms with van der Waals surface area (Å²) in [5.41, 5.74) is 1.80. The molecule has 2 nitrogen and oxygen atoms in total. The standard InChI is InChI=1S/C7H8N2/c1-6-7(5-8)3-2-4-9-6/h2-5,8H,1H3. The quantitative estimate of drug-likeness (QED) is 0.558. The highest BCUT2D eigenvalue weighted by molar-refractivity contribution is 5.77. The lowest BCUT2D eigenvalue weighted by Gasteiger charge is -1.93. The number of pyridine rings is 1. The zero-order chi connectivity index (χ0) is 6.69. The molecule has 0 aliphatic rings. The summed E-state index contributed by atoms with van der Waals surface area (Å²) < 4.78 is 0. The van der Waals surface area contributed by atoms with E-state index in [1.54, 1.807) is 6.20 Å². The van der Waals surface area contributed by atoms with Crippen molar-refractivity contribution in [2.24, 2.45) is 0 Å². The maximum absolute atomic E-state index is 6.92. The van der Waals surface area contributed by atoms with Gasteiger partial charge in [-0.25, -0.2) is 0 Å². The number of hydrogen-bond acceptors (Lipinski definition) is 2. The molecule has 46 valence electrons. The molecule has 0 unspecified atom stereocenters. The third kappa shape index (κ3) is 1.13. The molecule has 0 saturated carbocycles. The van der Waals surface area contributed by atoms with Gasteiger partial charge in [0.05, 0.1) is 0 Å². The number of nitrogens with zero attached hydrogens (tertiary/aromatic N) is 1. The Bertz CT molecular complexity index is 218. The minimum atomic E-state index is 0.887. The summed E-state index contributed by atoms with van der Waals surface area (Å²) in [5.74, 6) is 0. The highest BCUT2D eigenvalue weighted by atomic mass is 14.7. The smallest absolute Gasteiger partial charge is 0.0460 e. The van der Waals surface area contributed by atoms with E-state index in [2.05, 4.69) is 4.98 Å². The van der Waals surface area contributed by atoms with Gasteiger partial charge >= 0.3 is 0 Å². The van der Waals surface area contributed by atoms with Crippen molar-refractivity contribution in [1.29, 1.82) is 5.41 Å². The zero-order valence-electron chi connectivity index (χ0n) is 5.26. The maximum atomic E-state index is 6.92. The first kappa shape index (κ1) is 5.95. The molecule has 0 fully saturated rings. The van der Waals surface area contributed by atoms with E-state index in [1.807, 2.05) is 19.1 Å². The molecule has 1 aromatic heterocycles. The molecule has 1 rings (SSSR count). The summed E-state index contributed by atoms with van der Waals surface area (Å²) in [6.45, 7) is 1.89. The zero-order valence-corrected chi connectivity index (χ0v) is 5.26. The van der Waals surface area contributed by atoms with Crippen LogP contribution in [0, 0.1) is 12.3 Å². The molecule has 9 heavy (non-hydrogen) atoms. The largest absolute Gasteiger partial charge is 0.308 e. The molecule has 0 saturated heterocycles. The number of nitrogens with one attached hydrogen (secondary N) is 1. The molecule has 0 aromatic carbocycles. The van der Waals surface area contributed by atoms with Gasteiger partial charge in [0.15, 0.2) is 0 Å². The molecular weight excluding hydrogens is 112 g/mol. The van der Waals surface area contributed by atoms with Gasteiger partial charge in [-0.2, -0.15) is 0 Å². The normalized spacial score (nSPS) is 9.00. The van der Waals surface area contributed by atoms with Gasteiger partial charge in [-0.3, -0.25) is 4.98 Å². The third-order valence-electron chi connectivity index (χ3n) is 1.20. The van der Waals surface area contributed by atoms with Crippen molar-refractivity contribution in [2.45, 2.75) is 6.92 Å². The minimum absolute atomic E-state index is 0.887. The number of hydrogen-bond donors (Lipinski definition) is 1. The van der Waals surface area contributed by atoms with Gasteiger partial charge in [-0.05, 0) is 13.0 Å². The monoisotopic (exact) mass is 120 g/mol. The molecule has 0 bridgehead atoms. The van der Waals surface area contributed by atoms with E-state index < -0.39 is 0 Å². The van der Waals surface area contributed by atoms with Crippen LogP contribution >= 0.6 is 0 Å². The average molecular weight is 120 g/mol. The van der Waals surface area contributed by atoms with E-state index in [4.69, 9.17) is 5.41 Å². The number of aromatic nitrogens is 1. The molecule has 0 atom stereocenters. The Kier molecular flexibility index (Phi) is 1.58. The van der Waals surface area contributed by atoms with Crippen molar-refractivity contribution >= 4 is 6.21 Å². The van der Waals surface area contributed by atoms with Crippen LogP contribution < -0.4 is 0 Å². The van der Waals surface area contributed by atoms with Crippen molar-refractivity contribution < 1.29 is 0 Å². The van der Waals surface area contributed by atoms with Crippen LogP contribution in [-0.2, 0) is 0 Å². The fraction of sp³-hybridized carbons (Fsp3) is 0.143. The van der Waals surface area contributed by atoms with E-state index in [9.17, 15) is 0 Å². The van der Waals surface area contributed by atoms with Crippen LogP contribution in [-0.4, -0.2) is 11.2 Å². The summed E-state index contributed by atoms with van der Waals surface area (Å²) in [6.07, 6.45) is 3.03. The number of rotatable bonds is 1. The lowest BCUT2D eigenvalue weighted by Crippen LogP contribution is -1.87. The first-order valence-electron chi connectivity index (χ1n) is 2.76. The Morgan fingerprint density at radius 3 is 2.89 bits per heavy atom. The van der Waals surface area contributed by atoms with Crippen LogP contribution in [0.2, 0.25) is 0 Å². The predicted octanol–water partition coefficient (Wildman–Crippen LogP) is 1.39. The highest BCUT2D eigenvalue weighted by Gasteiger charge is 1.89. The molecule has 0 radical (unpaired) electrons. The van der Waals surface area contributed by atoms with Gasteiger partial charge in [-0.15, -0.1) is 0 Å².